The first-order valence-electron chi connectivity index (χ1n) is 9.07. The van der Waals surface area contributed by atoms with Gasteiger partial charge in [0.05, 0.1) is 0 Å². The Hall–Kier alpha value is -1.15. The van der Waals surface area contributed by atoms with E-state index in [1.165, 1.54) is 0 Å². The first-order chi connectivity index (χ1) is 11.8. The lowest BCUT2D eigenvalue weighted by atomic mass is 10.2. The van der Waals surface area contributed by atoms with Crippen LogP contribution in [0, 0.1) is 0 Å². The van der Waals surface area contributed by atoms with Crippen LogP contribution >= 0.6 is 0 Å². The van der Waals surface area contributed by atoms with Gasteiger partial charge in [0.2, 0.25) is 0 Å². The topological polar surface area (TPSA) is 74.2 Å². The van der Waals surface area contributed by atoms with Crippen molar-refractivity contribution >= 4 is 22.7 Å². The monoisotopic (exact) mass is 372 g/mol. The number of carbonyl (C=O) groups excluding carboxylic acids is 1. The molecule has 25 heavy (non-hydrogen) atoms. The largest absolute Gasteiger partial charge is 0.368 e. The van der Waals surface area contributed by atoms with Crippen LogP contribution in [0.5, 0.6) is 0 Å². The van der Waals surface area contributed by atoms with Gasteiger partial charge in [0.15, 0.2) is 5.96 Å². The molecule has 2 aliphatic heterocycles. The fourth-order valence-corrected chi connectivity index (χ4v) is 3.91. The van der Waals surface area contributed by atoms with E-state index in [1.54, 1.807) is 7.05 Å². The number of nitrogens with zero attached hydrogens (tertiary/aromatic N) is 3. The molecule has 8 heteroatoms. The minimum Gasteiger partial charge on any atom is -0.368 e. The van der Waals surface area contributed by atoms with Crippen molar-refractivity contribution in [2.24, 2.45) is 4.99 Å². The Balaban J connectivity index is 1.76. The molecule has 2 rings (SSSR count). The summed E-state index contributed by atoms with van der Waals surface area (Å²) in [5.41, 5.74) is 0. The maximum atomic E-state index is 12.4. The van der Waals surface area contributed by atoms with Crippen LogP contribution in [-0.4, -0.2) is 88.9 Å². The Morgan fingerprint density at radius 3 is 2.40 bits per heavy atom. The first-order valence-corrected chi connectivity index (χ1v) is 10.4. The third-order valence-corrected chi connectivity index (χ3v) is 6.50. The lowest BCUT2D eigenvalue weighted by molar-refractivity contribution is -0.142. The predicted octanol–water partition coefficient (Wildman–Crippen LogP) is 0.432. The third-order valence-electron chi connectivity index (χ3n) is 4.56. The Labute approximate surface area is 153 Å². The summed E-state index contributed by atoms with van der Waals surface area (Å²) < 4.78 is 17.4. The zero-order chi connectivity index (χ0) is 18.4. The van der Waals surface area contributed by atoms with E-state index < -0.39 is 10.8 Å². The molecule has 1 amide bonds. The standard InChI is InChI=1S/C17H32N4O3S/c1-17(2,3)25(23)13-7-19-16(18-4)21-10-8-20(9-11-21)15(22)14-6-5-12-24-14/h14H,5-13H2,1-4H3,(H,18,19). The van der Waals surface area contributed by atoms with E-state index in [0.717, 1.165) is 31.9 Å². The van der Waals surface area contributed by atoms with E-state index in [1.807, 2.05) is 25.7 Å². The zero-order valence-corrected chi connectivity index (χ0v) is 16.7. The summed E-state index contributed by atoms with van der Waals surface area (Å²) in [4.78, 5) is 20.8. The highest BCUT2D eigenvalue weighted by Gasteiger charge is 2.31. The Bertz CT molecular complexity index is 505. The molecule has 144 valence electrons. The first kappa shape index (κ1) is 20.2. The molecule has 0 saturated carbocycles. The number of carbonyl (C=O) groups is 1. The van der Waals surface area contributed by atoms with Gasteiger partial charge in [0.25, 0.3) is 5.91 Å². The minimum atomic E-state index is -0.877. The highest BCUT2D eigenvalue weighted by atomic mass is 32.2. The van der Waals surface area contributed by atoms with Gasteiger partial charge in [-0.3, -0.25) is 14.0 Å². The summed E-state index contributed by atoms with van der Waals surface area (Å²) in [7, 11) is 0.880. The van der Waals surface area contributed by atoms with Crippen LogP contribution in [-0.2, 0) is 20.3 Å². The van der Waals surface area contributed by atoms with Crippen LogP contribution in [0.3, 0.4) is 0 Å². The van der Waals surface area contributed by atoms with Crippen molar-refractivity contribution < 1.29 is 13.7 Å². The molecule has 0 spiro atoms. The van der Waals surface area contributed by atoms with Gasteiger partial charge in [0.1, 0.15) is 6.10 Å². The van der Waals surface area contributed by atoms with E-state index >= 15 is 0 Å². The van der Waals surface area contributed by atoms with Gasteiger partial charge >= 0.3 is 0 Å². The Morgan fingerprint density at radius 1 is 1.24 bits per heavy atom. The fourth-order valence-electron chi connectivity index (χ4n) is 3.01. The SMILES string of the molecule is CN=C(NCCS(=O)C(C)(C)C)N1CCN(C(=O)C2CCCO2)CC1. The van der Waals surface area contributed by atoms with Crippen molar-refractivity contribution in [3.63, 3.8) is 0 Å². The number of hydrogen-bond acceptors (Lipinski definition) is 4. The molecular weight excluding hydrogens is 340 g/mol. The van der Waals surface area contributed by atoms with E-state index in [0.29, 0.717) is 32.0 Å². The van der Waals surface area contributed by atoms with Crippen molar-refractivity contribution in [1.82, 2.24) is 15.1 Å². The molecule has 0 aromatic rings. The van der Waals surface area contributed by atoms with Crippen LogP contribution in [0.4, 0.5) is 0 Å². The molecule has 0 aliphatic carbocycles. The molecule has 0 aromatic carbocycles. The summed E-state index contributed by atoms with van der Waals surface area (Å²) in [5, 5.41) is 3.30. The van der Waals surface area contributed by atoms with Crippen LogP contribution in [0.1, 0.15) is 33.6 Å². The molecule has 2 aliphatic rings. The number of rotatable bonds is 4. The lowest BCUT2D eigenvalue weighted by Crippen LogP contribution is -2.55. The number of amides is 1. The molecule has 0 radical (unpaired) electrons. The van der Waals surface area contributed by atoms with Gasteiger partial charge in [-0.1, -0.05) is 0 Å². The molecule has 2 saturated heterocycles. The Morgan fingerprint density at radius 2 is 1.88 bits per heavy atom. The van der Waals surface area contributed by atoms with Gasteiger partial charge < -0.3 is 19.9 Å². The molecule has 2 atom stereocenters. The van der Waals surface area contributed by atoms with Crippen molar-refractivity contribution in [2.75, 3.05) is 52.1 Å². The van der Waals surface area contributed by atoms with Gasteiger partial charge in [-0.15, -0.1) is 0 Å². The van der Waals surface area contributed by atoms with Crippen LogP contribution < -0.4 is 5.32 Å². The number of hydrogen-bond donors (Lipinski definition) is 1. The molecule has 2 heterocycles. The highest BCUT2D eigenvalue weighted by Crippen LogP contribution is 2.16. The van der Waals surface area contributed by atoms with Crippen LogP contribution in [0.2, 0.25) is 0 Å². The lowest BCUT2D eigenvalue weighted by Gasteiger charge is -2.37. The average Bonchev–Trinajstić information content (AvgIpc) is 3.12. The quantitative estimate of drug-likeness (QED) is 0.572. The van der Waals surface area contributed by atoms with Gasteiger partial charge in [-0.25, -0.2) is 0 Å². The maximum absolute atomic E-state index is 12.4. The molecule has 1 N–H and O–H groups in total. The molecule has 2 unspecified atom stereocenters. The number of piperazine rings is 1. The van der Waals surface area contributed by atoms with E-state index in [4.69, 9.17) is 4.74 Å². The fraction of sp³-hybridized carbons (Fsp3) is 0.882. The van der Waals surface area contributed by atoms with Gasteiger partial charge in [-0.2, -0.15) is 0 Å². The molecular formula is C17H32N4O3S. The van der Waals surface area contributed by atoms with Crippen molar-refractivity contribution in [2.45, 2.75) is 44.5 Å². The second-order valence-corrected chi connectivity index (χ2v) is 9.77. The molecule has 2 fully saturated rings. The normalized spacial score (nSPS) is 23.7. The minimum absolute atomic E-state index is 0.126. The van der Waals surface area contributed by atoms with Crippen molar-refractivity contribution in [1.29, 1.82) is 0 Å². The number of ether oxygens (including phenoxy) is 1. The van der Waals surface area contributed by atoms with Gasteiger partial charge in [0, 0.05) is 67.7 Å². The summed E-state index contributed by atoms with van der Waals surface area (Å²) in [6.45, 7) is 10.2. The second-order valence-electron chi connectivity index (χ2n) is 7.45. The summed E-state index contributed by atoms with van der Waals surface area (Å²) >= 11 is 0. The van der Waals surface area contributed by atoms with Gasteiger partial charge in [-0.05, 0) is 33.6 Å². The number of guanidine groups is 1. The smallest absolute Gasteiger partial charge is 0.251 e. The predicted molar refractivity (Wildman–Crippen MR) is 101 cm³/mol. The summed E-state index contributed by atoms with van der Waals surface area (Å²) in [6.07, 6.45) is 1.58. The van der Waals surface area contributed by atoms with E-state index in [2.05, 4.69) is 15.2 Å². The van der Waals surface area contributed by atoms with Crippen molar-refractivity contribution in [3.8, 4) is 0 Å². The second kappa shape index (κ2) is 8.98. The molecule has 7 nitrogen and oxygen atoms in total. The third kappa shape index (κ3) is 5.67. The van der Waals surface area contributed by atoms with Crippen molar-refractivity contribution in [3.05, 3.63) is 0 Å². The van der Waals surface area contributed by atoms with Crippen LogP contribution in [0.25, 0.3) is 0 Å². The number of aliphatic imine (C=N–C) groups is 1. The van der Waals surface area contributed by atoms with E-state index in [9.17, 15) is 9.00 Å². The summed E-state index contributed by atoms with van der Waals surface area (Å²) in [6, 6.07) is 0. The molecule has 0 bridgehead atoms. The zero-order valence-electron chi connectivity index (χ0n) is 15.9. The maximum Gasteiger partial charge on any atom is 0.251 e. The van der Waals surface area contributed by atoms with E-state index in [-0.39, 0.29) is 16.8 Å². The Kier molecular flexibility index (Phi) is 7.25. The van der Waals surface area contributed by atoms with Crippen LogP contribution in [0.15, 0.2) is 4.99 Å². The average molecular weight is 373 g/mol. The molecule has 0 aromatic heterocycles. The summed E-state index contributed by atoms with van der Waals surface area (Å²) in [5.74, 6) is 1.54. The highest BCUT2D eigenvalue weighted by molar-refractivity contribution is 7.86. The number of nitrogens with one attached hydrogen (secondary N) is 1.